The van der Waals surface area contributed by atoms with Crippen LogP contribution >= 0.6 is 0 Å². The Hall–Kier alpha value is -1.14. The molecule has 0 bridgehead atoms. The molecule has 1 aliphatic rings. The fourth-order valence-electron chi connectivity index (χ4n) is 2.07. The summed E-state index contributed by atoms with van der Waals surface area (Å²) in [5.74, 6) is -1.34. The molecule has 1 saturated heterocycles. The zero-order valence-corrected chi connectivity index (χ0v) is 11.1. The van der Waals surface area contributed by atoms with E-state index < -0.39 is 12.0 Å². The fourth-order valence-corrected chi connectivity index (χ4v) is 2.07. The van der Waals surface area contributed by atoms with Gasteiger partial charge in [0.2, 0.25) is 5.91 Å². The van der Waals surface area contributed by atoms with Gasteiger partial charge in [-0.3, -0.25) is 4.79 Å². The van der Waals surface area contributed by atoms with E-state index in [2.05, 4.69) is 10.6 Å². The van der Waals surface area contributed by atoms with E-state index in [1.807, 2.05) is 13.8 Å². The van der Waals surface area contributed by atoms with Gasteiger partial charge < -0.3 is 20.5 Å². The van der Waals surface area contributed by atoms with Crippen LogP contribution in [0.15, 0.2) is 0 Å². The summed E-state index contributed by atoms with van der Waals surface area (Å²) in [7, 11) is 1.77. The molecule has 6 heteroatoms. The minimum Gasteiger partial charge on any atom is -0.480 e. The molecule has 0 aliphatic carbocycles. The Morgan fingerprint density at radius 1 is 1.39 bits per heavy atom. The van der Waals surface area contributed by atoms with Gasteiger partial charge in [-0.1, -0.05) is 13.8 Å². The normalized spacial score (nSPS) is 25.1. The second-order valence-electron chi connectivity index (χ2n) is 5.07. The Labute approximate surface area is 107 Å². The summed E-state index contributed by atoms with van der Waals surface area (Å²) in [4.78, 5) is 23.1. The van der Waals surface area contributed by atoms with E-state index in [-0.39, 0.29) is 23.8 Å². The Bertz CT molecular complexity index is 306. The zero-order valence-electron chi connectivity index (χ0n) is 11.1. The second-order valence-corrected chi connectivity index (χ2v) is 5.07. The highest BCUT2D eigenvalue weighted by atomic mass is 16.5. The van der Waals surface area contributed by atoms with Crippen LogP contribution < -0.4 is 10.6 Å². The highest BCUT2D eigenvalue weighted by Crippen LogP contribution is 2.14. The molecule has 0 aromatic rings. The van der Waals surface area contributed by atoms with Crippen LogP contribution in [0.4, 0.5) is 0 Å². The maximum Gasteiger partial charge on any atom is 0.326 e. The minimum absolute atomic E-state index is 0.0431. The van der Waals surface area contributed by atoms with Crippen molar-refractivity contribution in [2.24, 2.45) is 11.8 Å². The molecule has 18 heavy (non-hydrogen) atoms. The molecule has 0 aromatic carbocycles. The lowest BCUT2D eigenvalue weighted by Crippen LogP contribution is -2.48. The molecule has 1 rings (SSSR count). The average molecular weight is 258 g/mol. The molecule has 0 spiro atoms. The van der Waals surface area contributed by atoms with Crippen LogP contribution in [0.25, 0.3) is 0 Å². The summed E-state index contributed by atoms with van der Waals surface area (Å²) in [5, 5.41) is 14.7. The third-order valence-corrected chi connectivity index (χ3v) is 3.11. The van der Waals surface area contributed by atoms with Crippen molar-refractivity contribution < 1.29 is 19.4 Å². The van der Waals surface area contributed by atoms with Crippen LogP contribution in [-0.2, 0) is 14.3 Å². The van der Waals surface area contributed by atoms with Gasteiger partial charge in [0.1, 0.15) is 6.04 Å². The lowest BCUT2D eigenvalue weighted by molar-refractivity contribution is -0.143. The van der Waals surface area contributed by atoms with Crippen LogP contribution in [-0.4, -0.2) is 49.3 Å². The van der Waals surface area contributed by atoms with Crippen molar-refractivity contribution in [2.45, 2.75) is 32.4 Å². The second kappa shape index (κ2) is 6.70. The van der Waals surface area contributed by atoms with Crippen LogP contribution in [0.3, 0.4) is 0 Å². The Kier molecular flexibility index (Phi) is 5.55. The number of carbonyl (C=O) groups is 2. The maximum atomic E-state index is 12.0. The third-order valence-electron chi connectivity index (χ3n) is 3.11. The van der Waals surface area contributed by atoms with Crippen molar-refractivity contribution in [2.75, 3.05) is 20.3 Å². The number of hydrogen-bond acceptors (Lipinski definition) is 4. The molecular formula is C12H22N2O4. The fraction of sp³-hybridized carbons (Fsp3) is 0.833. The van der Waals surface area contributed by atoms with E-state index in [1.54, 1.807) is 7.05 Å². The Balaban J connectivity index is 2.58. The Morgan fingerprint density at radius 3 is 2.56 bits per heavy atom. The summed E-state index contributed by atoms with van der Waals surface area (Å²) < 4.78 is 5.23. The van der Waals surface area contributed by atoms with Gasteiger partial charge in [-0.15, -0.1) is 0 Å². The van der Waals surface area contributed by atoms with Gasteiger partial charge in [0.05, 0.1) is 19.1 Å². The first kappa shape index (κ1) is 14.9. The number of aliphatic carboxylic acids is 1. The summed E-state index contributed by atoms with van der Waals surface area (Å²) in [6.45, 7) is 4.68. The predicted octanol–water partition coefficient (Wildman–Crippen LogP) is -0.164. The van der Waals surface area contributed by atoms with Crippen molar-refractivity contribution in [3.8, 4) is 0 Å². The smallest absolute Gasteiger partial charge is 0.326 e. The number of nitrogens with one attached hydrogen (secondary N) is 2. The molecule has 6 nitrogen and oxygen atoms in total. The van der Waals surface area contributed by atoms with Crippen LogP contribution in [0.5, 0.6) is 0 Å². The monoisotopic (exact) mass is 258 g/mol. The van der Waals surface area contributed by atoms with E-state index in [9.17, 15) is 9.59 Å². The van der Waals surface area contributed by atoms with E-state index in [0.717, 1.165) is 0 Å². The van der Waals surface area contributed by atoms with E-state index >= 15 is 0 Å². The molecule has 1 aliphatic heterocycles. The van der Waals surface area contributed by atoms with Crippen molar-refractivity contribution >= 4 is 11.9 Å². The lowest BCUT2D eigenvalue weighted by Gasteiger charge is -2.21. The first-order valence-electron chi connectivity index (χ1n) is 6.23. The summed E-state index contributed by atoms with van der Waals surface area (Å²) in [6.07, 6.45) is 0.429. The summed E-state index contributed by atoms with van der Waals surface area (Å²) in [6, 6.07) is -0.867. The first-order chi connectivity index (χ1) is 8.45. The van der Waals surface area contributed by atoms with Crippen LogP contribution in [0, 0.1) is 11.8 Å². The van der Waals surface area contributed by atoms with E-state index in [0.29, 0.717) is 19.6 Å². The molecule has 0 aromatic heterocycles. The van der Waals surface area contributed by atoms with Gasteiger partial charge in [0.25, 0.3) is 0 Å². The largest absolute Gasteiger partial charge is 0.480 e. The van der Waals surface area contributed by atoms with Crippen molar-refractivity contribution in [1.82, 2.24) is 10.6 Å². The summed E-state index contributed by atoms with van der Waals surface area (Å²) in [5.41, 5.74) is 0. The van der Waals surface area contributed by atoms with Crippen molar-refractivity contribution in [3.05, 3.63) is 0 Å². The van der Waals surface area contributed by atoms with Crippen LogP contribution in [0.2, 0.25) is 0 Å². The van der Waals surface area contributed by atoms with Gasteiger partial charge in [-0.05, 0) is 19.4 Å². The maximum absolute atomic E-state index is 12.0. The highest BCUT2D eigenvalue weighted by molar-refractivity contribution is 5.85. The SMILES string of the molecule is CNC1COCC1C(=O)NC(CC(C)C)C(=O)O. The van der Waals surface area contributed by atoms with Gasteiger partial charge in [-0.2, -0.15) is 0 Å². The molecular weight excluding hydrogens is 236 g/mol. The lowest BCUT2D eigenvalue weighted by atomic mass is 10.00. The Morgan fingerprint density at radius 2 is 2.06 bits per heavy atom. The molecule has 1 heterocycles. The predicted molar refractivity (Wildman–Crippen MR) is 66.2 cm³/mol. The molecule has 0 saturated carbocycles. The first-order valence-corrected chi connectivity index (χ1v) is 6.23. The zero-order chi connectivity index (χ0) is 13.7. The van der Waals surface area contributed by atoms with Crippen molar-refractivity contribution in [1.29, 1.82) is 0 Å². The number of ether oxygens (including phenoxy) is 1. The van der Waals surface area contributed by atoms with Gasteiger partial charge >= 0.3 is 5.97 Å². The number of amides is 1. The minimum atomic E-state index is -0.989. The molecule has 104 valence electrons. The summed E-state index contributed by atoms with van der Waals surface area (Å²) >= 11 is 0. The number of likely N-dealkylation sites (N-methyl/N-ethyl adjacent to an activating group) is 1. The van der Waals surface area contributed by atoms with Gasteiger partial charge in [0, 0.05) is 6.04 Å². The molecule has 3 unspecified atom stereocenters. The molecule has 0 radical (unpaired) electrons. The van der Waals surface area contributed by atoms with Gasteiger partial charge in [0.15, 0.2) is 0 Å². The number of rotatable bonds is 6. The highest BCUT2D eigenvalue weighted by Gasteiger charge is 2.35. The van der Waals surface area contributed by atoms with Crippen molar-refractivity contribution in [3.63, 3.8) is 0 Å². The average Bonchev–Trinajstić information content (AvgIpc) is 2.75. The number of carbonyl (C=O) groups excluding carboxylic acids is 1. The van der Waals surface area contributed by atoms with Gasteiger partial charge in [-0.25, -0.2) is 4.79 Å². The van der Waals surface area contributed by atoms with E-state index in [4.69, 9.17) is 9.84 Å². The quantitative estimate of drug-likeness (QED) is 0.616. The van der Waals surface area contributed by atoms with E-state index in [1.165, 1.54) is 0 Å². The third kappa shape index (κ3) is 3.96. The standard InChI is InChI=1S/C12H22N2O4/c1-7(2)4-9(12(16)17)14-11(15)8-5-18-6-10(8)13-3/h7-10,13H,4-6H2,1-3H3,(H,14,15)(H,16,17). The molecule has 1 amide bonds. The van der Waals surface area contributed by atoms with Crippen LogP contribution in [0.1, 0.15) is 20.3 Å². The number of carboxylic acids is 1. The number of hydrogen-bond donors (Lipinski definition) is 3. The molecule has 1 fully saturated rings. The molecule has 3 N–H and O–H groups in total. The molecule has 3 atom stereocenters. The number of carboxylic acid groups (broad SMARTS) is 1. The topological polar surface area (TPSA) is 87.7 Å².